The van der Waals surface area contributed by atoms with Crippen molar-refractivity contribution >= 4 is 34.0 Å². The van der Waals surface area contributed by atoms with Gasteiger partial charge in [0.2, 0.25) is 5.88 Å². The van der Waals surface area contributed by atoms with Crippen molar-refractivity contribution in [3.05, 3.63) is 46.9 Å². The summed E-state index contributed by atoms with van der Waals surface area (Å²) in [5.74, 6) is -1.18. The Morgan fingerprint density at radius 3 is 2.84 bits per heavy atom. The maximum absolute atomic E-state index is 14.7. The molecule has 0 spiro atoms. The number of aromatic nitrogens is 2. The minimum atomic E-state index is -3.15. The number of anilines is 2. The maximum Gasteiger partial charge on any atom is 0.387 e. The summed E-state index contributed by atoms with van der Waals surface area (Å²) in [7, 11) is 0. The van der Waals surface area contributed by atoms with Crippen LogP contribution in [0.25, 0.3) is 11.0 Å². The van der Waals surface area contributed by atoms with E-state index in [1.165, 1.54) is 12.3 Å². The van der Waals surface area contributed by atoms with E-state index in [1.54, 1.807) is 12.1 Å². The third-order valence-electron chi connectivity index (χ3n) is 4.63. The van der Waals surface area contributed by atoms with Crippen LogP contribution in [0.15, 0.2) is 30.5 Å². The molecule has 1 aliphatic rings. The second-order valence-corrected chi connectivity index (χ2v) is 7.03. The molecule has 3 aromatic rings. The van der Waals surface area contributed by atoms with Crippen molar-refractivity contribution in [1.29, 1.82) is 5.26 Å². The van der Waals surface area contributed by atoms with Gasteiger partial charge < -0.3 is 20.1 Å². The zero-order chi connectivity index (χ0) is 22.0. The normalized spacial score (nSPS) is 15.8. The SMILES string of the molecule is N#Cc1cnc2ccc(O[C@H]3CCNC3)nc2c1Nc1ccc(OC(F)F)c(Cl)c1F. The first-order valence-electron chi connectivity index (χ1n) is 9.23. The fourth-order valence-corrected chi connectivity index (χ4v) is 3.38. The number of benzene rings is 1. The number of hydrogen-bond acceptors (Lipinski definition) is 7. The first kappa shape index (κ1) is 21.0. The van der Waals surface area contributed by atoms with E-state index in [-0.39, 0.29) is 28.6 Å². The average Bonchev–Trinajstić information content (AvgIpc) is 3.26. The molecule has 2 aromatic heterocycles. The first-order chi connectivity index (χ1) is 15.0. The predicted octanol–water partition coefficient (Wildman–Crippen LogP) is 4.38. The molecule has 0 unspecified atom stereocenters. The Balaban J connectivity index is 1.73. The number of hydrogen-bond donors (Lipinski definition) is 2. The lowest BCUT2D eigenvalue weighted by molar-refractivity contribution is -0.0499. The van der Waals surface area contributed by atoms with Gasteiger partial charge in [-0.25, -0.2) is 9.37 Å². The fraction of sp³-hybridized carbons (Fsp3) is 0.250. The highest BCUT2D eigenvalue weighted by atomic mass is 35.5. The van der Waals surface area contributed by atoms with Crippen molar-refractivity contribution in [2.45, 2.75) is 19.1 Å². The largest absolute Gasteiger partial charge is 0.473 e. The van der Waals surface area contributed by atoms with E-state index in [1.807, 2.05) is 6.07 Å². The first-order valence-corrected chi connectivity index (χ1v) is 9.61. The zero-order valence-electron chi connectivity index (χ0n) is 15.8. The van der Waals surface area contributed by atoms with E-state index in [4.69, 9.17) is 16.3 Å². The van der Waals surface area contributed by atoms with Crippen molar-refractivity contribution in [2.24, 2.45) is 0 Å². The number of nitrogens with one attached hydrogen (secondary N) is 2. The predicted molar refractivity (Wildman–Crippen MR) is 107 cm³/mol. The quantitative estimate of drug-likeness (QED) is 0.577. The topological polar surface area (TPSA) is 92.1 Å². The summed E-state index contributed by atoms with van der Waals surface area (Å²) in [5, 5.41) is 14.9. The van der Waals surface area contributed by atoms with Gasteiger partial charge in [0.15, 0.2) is 5.82 Å². The molecule has 1 fully saturated rings. The molecule has 1 aromatic carbocycles. The van der Waals surface area contributed by atoms with Gasteiger partial charge in [0, 0.05) is 18.8 Å². The number of fused-ring (bicyclic) bond motifs is 1. The van der Waals surface area contributed by atoms with Gasteiger partial charge in [-0.05, 0) is 31.2 Å². The number of nitrogens with zero attached hydrogens (tertiary/aromatic N) is 3. The molecule has 7 nitrogen and oxygen atoms in total. The molecule has 4 rings (SSSR count). The Morgan fingerprint density at radius 2 is 2.13 bits per heavy atom. The van der Waals surface area contributed by atoms with Gasteiger partial charge in [-0.15, -0.1) is 0 Å². The van der Waals surface area contributed by atoms with E-state index in [0.29, 0.717) is 17.9 Å². The molecule has 0 bridgehead atoms. The Hall–Kier alpha value is -3.29. The molecule has 11 heteroatoms. The summed E-state index contributed by atoms with van der Waals surface area (Å²) in [6, 6.07) is 7.60. The standard InChI is InChI=1S/C20H15ClF3N5O2/c21-16-14(31-20(23)24)3-1-12(17(16)22)28-18-10(7-25)8-27-13-2-4-15(29-19(13)18)30-11-5-6-26-9-11/h1-4,8,11,20,26H,5-6,9H2,(H,27,28)/t11-/m0/s1. The summed E-state index contributed by atoms with van der Waals surface area (Å²) in [4.78, 5) is 8.64. The number of rotatable bonds is 6. The van der Waals surface area contributed by atoms with Crippen molar-refractivity contribution in [3.8, 4) is 17.7 Å². The molecule has 2 N–H and O–H groups in total. The van der Waals surface area contributed by atoms with Crippen LogP contribution in [0.1, 0.15) is 12.0 Å². The van der Waals surface area contributed by atoms with Gasteiger partial charge in [-0.1, -0.05) is 11.6 Å². The third-order valence-corrected chi connectivity index (χ3v) is 4.99. The van der Waals surface area contributed by atoms with Gasteiger partial charge in [-0.3, -0.25) is 4.98 Å². The zero-order valence-corrected chi connectivity index (χ0v) is 16.6. The van der Waals surface area contributed by atoms with Crippen LogP contribution in [0, 0.1) is 17.1 Å². The number of alkyl halides is 2. The minimum Gasteiger partial charge on any atom is -0.473 e. The average molecular weight is 450 g/mol. The highest BCUT2D eigenvalue weighted by Crippen LogP contribution is 2.36. The Bertz CT molecular complexity index is 1170. The van der Waals surface area contributed by atoms with Gasteiger partial charge in [-0.2, -0.15) is 14.0 Å². The van der Waals surface area contributed by atoms with Gasteiger partial charge >= 0.3 is 6.61 Å². The third kappa shape index (κ3) is 4.42. The van der Waals surface area contributed by atoms with Gasteiger partial charge in [0.05, 0.1) is 22.5 Å². The molecule has 160 valence electrons. The molecular weight excluding hydrogens is 435 g/mol. The van der Waals surface area contributed by atoms with Gasteiger partial charge in [0.1, 0.15) is 28.5 Å². The number of halogens is 4. The van der Waals surface area contributed by atoms with E-state index in [0.717, 1.165) is 19.0 Å². The molecule has 0 amide bonds. The summed E-state index contributed by atoms with van der Waals surface area (Å²) < 4.78 is 49.7. The van der Waals surface area contributed by atoms with Crippen LogP contribution in [0.4, 0.5) is 24.5 Å². The maximum atomic E-state index is 14.7. The van der Waals surface area contributed by atoms with Crippen LogP contribution in [-0.4, -0.2) is 35.8 Å². The molecule has 0 saturated carbocycles. The molecule has 0 radical (unpaired) electrons. The fourth-order valence-electron chi connectivity index (χ4n) is 3.17. The van der Waals surface area contributed by atoms with Crippen LogP contribution in [0.5, 0.6) is 11.6 Å². The molecule has 31 heavy (non-hydrogen) atoms. The van der Waals surface area contributed by atoms with Crippen molar-refractivity contribution in [2.75, 3.05) is 18.4 Å². The number of pyridine rings is 2. The highest BCUT2D eigenvalue weighted by molar-refractivity contribution is 6.32. The van der Waals surface area contributed by atoms with Crippen LogP contribution in [0.2, 0.25) is 5.02 Å². The van der Waals surface area contributed by atoms with Crippen LogP contribution in [-0.2, 0) is 0 Å². The Kier molecular flexibility index (Phi) is 5.97. The summed E-state index contributed by atoms with van der Waals surface area (Å²) in [5.41, 5.74) is 0.861. The van der Waals surface area contributed by atoms with E-state index in [9.17, 15) is 18.4 Å². The Morgan fingerprint density at radius 1 is 1.29 bits per heavy atom. The number of ether oxygens (including phenoxy) is 2. The molecule has 1 aliphatic heterocycles. The smallest absolute Gasteiger partial charge is 0.387 e. The molecular formula is C20H15ClF3N5O2. The van der Waals surface area contributed by atoms with Gasteiger partial charge in [0.25, 0.3) is 0 Å². The van der Waals surface area contributed by atoms with Crippen LogP contribution in [0.3, 0.4) is 0 Å². The second kappa shape index (κ2) is 8.83. The van der Waals surface area contributed by atoms with E-state index in [2.05, 4.69) is 25.3 Å². The molecule has 1 saturated heterocycles. The van der Waals surface area contributed by atoms with E-state index >= 15 is 0 Å². The van der Waals surface area contributed by atoms with Crippen LogP contribution >= 0.6 is 11.6 Å². The summed E-state index contributed by atoms with van der Waals surface area (Å²) in [6.45, 7) is -1.61. The Labute approximate surface area is 179 Å². The lowest BCUT2D eigenvalue weighted by Gasteiger charge is -2.15. The molecule has 3 heterocycles. The van der Waals surface area contributed by atoms with Crippen LogP contribution < -0.4 is 20.1 Å². The monoisotopic (exact) mass is 449 g/mol. The summed E-state index contributed by atoms with van der Waals surface area (Å²) >= 11 is 5.83. The lowest BCUT2D eigenvalue weighted by atomic mass is 10.1. The lowest BCUT2D eigenvalue weighted by Crippen LogP contribution is -2.20. The summed E-state index contributed by atoms with van der Waals surface area (Å²) in [6.07, 6.45) is 2.12. The second-order valence-electron chi connectivity index (χ2n) is 6.65. The molecule has 1 atom stereocenters. The van der Waals surface area contributed by atoms with E-state index < -0.39 is 23.2 Å². The van der Waals surface area contributed by atoms with Crippen molar-refractivity contribution in [3.63, 3.8) is 0 Å². The minimum absolute atomic E-state index is 0.0351. The molecule has 0 aliphatic carbocycles. The van der Waals surface area contributed by atoms with Crippen molar-refractivity contribution < 1.29 is 22.6 Å². The highest BCUT2D eigenvalue weighted by Gasteiger charge is 2.20. The number of nitriles is 1. The van der Waals surface area contributed by atoms with Crippen molar-refractivity contribution in [1.82, 2.24) is 15.3 Å².